The van der Waals surface area contributed by atoms with E-state index in [0.717, 1.165) is 11.0 Å². The van der Waals surface area contributed by atoms with Crippen LogP contribution in [0.3, 0.4) is 0 Å². The maximum absolute atomic E-state index is 14.1. The number of fused-ring (bicyclic) bond motifs is 1. The monoisotopic (exact) mass is 311 g/mol. The minimum Gasteiger partial charge on any atom is -0.497 e. The van der Waals surface area contributed by atoms with E-state index in [9.17, 15) is 19.1 Å². The minimum absolute atomic E-state index is 0.111. The average Bonchev–Trinajstić information content (AvgIpc) is 2.76. The summed E-state index contributed by atoms with van der Waals surface area (Å²) in [6, 6.07) is 1.40. The van der Waals surface area contributed by atoms with Gasteiger partial charge in [0, 0.05) is 24.1 Å². The van der Waals surface area contributed by atoms with Crippen LogP contribution in [0.5, 0.6) is 5.75 Å². The van der Waals surface area contributed by atoms with E-state index in [-0.39, 0.29) is 23.4 Å². The molecule has 2 rings (SSSR count). The molecule has 22 heavy (non-hydrogen) atoms. The van der Waals surface area contributed by atoms with E-state index < -0.39 is 29.5 Å². The second kappa shape index (κ2) is 5.47. The van der Waals surface area contributed by atoms with Gasteiger partial charge in [0.25, 0.3) is 0 Å². The van der Waals surface area contributed by atoms with E-state index >= 15 is 0 Å². The van der Waals surface area contributed by atoms with Crippen LogP contribution in [0.15, 0.2) is 12.1 Å². The number of halogens is 1. The smallest absolute Gasteiger partial charge is 0.415 e. The van der Waals surface area contributed by atoms with Crippen molar-refractivity contribution in [2.24, 2.45) is 0 Å². The van der Waals surface area contributed by atoms with Crippen LogP contribution in [0.25, 0.3) is 0 Å². The van der Waals surface area contributed by atoms with Gasteiger partial charge in [0.15, 0.2) is 0 Å². The summed E-state index contributed by atoms with van der Waals surface area (Å²) in [4.78, 5) is 24.7. The summed E-state index contributed by atoms with van der Waals surface area (Å²) >= 11 is 0. The van der Waals surface area contributed by atoms with Crippen molar-refractivity contribution in [3.8, 4) is 5.75 Å². The van der Waals surface area contributed by atoms with Crippen LogP contribution in [-0.2, 0) is 16.0 Å². The van der Waals surface area contributed by atoms with Crippen LogP contribution >= 0.6 is 0 Å². The van der Waals surface area contributed by atoms with E-state index in [0.29, 0.717) is 0 Å². The molecule has 120 valence electrons. The molecule has 1 unspecified atom stereocenters. The first-order valence-electron chi connectivity index (χ1n) is 6.75. The van der Waals surface area contributed by atoms with E-state index in [1.165, 1.54) is 13.2 Å². The van der Waals surface area contributed by atoms with Crippen LogP contribution < -0.4 is 9.64 Å². The normalized spacial score (nSPS) is 17.1. The van der Waals surface area contributed by atoms with Gasteiger partial charge in [-0.15, -0.1) is 0 Å². The molecule has 0 spiro atoms. The highest BCUT2D eigenvalue weighted by Crippen LogP contribution is 2.38. The number of anilines is 1. The Kier molecular flexibility index (Phi) is 4.00. The van der Waals surface area contributed by atoms with Crippen LogP contribution in [-0.4, -0.2) is 35.9 Å². The van der Waals surface area contributed by atoms with E-state index in [1.54, 1.807) is 20.8 Å². The van der Waals surface area contributed by atoms with Crippen molar-refractivity contribution in [1.29, 1.82) is 0 Å². The van der Waals surface area contributed by atoms with Gasteiger partial charge in [-0.3, -0.25) is 4.90 Å². The van der Waals surface area contributed by atoms with Gasteiger partial charge in [-0.2, -0.15) is 0 Å². The zero-order valence-corrected chi connectivity index (χ0v) is 12.8. The summed E-state index contributed by atoms with van der Waals surface area (Å²) in [6.07, 6.45) is -0.939. The maximum Gasteiger partial charge on any atom is 0.415 e. The molecule has 1 aliphatic heterocycles. The molecule has 0 aromatic heterocycles. The first-order valence-corrected chi connectivity index (χ1v) is 6.75. The van der Waals surface area contributed by atoms with Gasteiger partial charge < -0.3 is 14.6 Å². The second-order valence-corrected chi connectivity index (χ2v) is 6.02. The largest absolute Gasteiger partial charge is 0.497 e. The van der Waals surface area contributed by atoms with Gasteiger partial charge in [0.1, 0.15) is 23.2 Å². The van der Waals surface area contributed by atoms with Gasteiger partial charge in [0.05, 0.1) is 12.8 Å². The number of aliphatic carboxylic acids is 1. The summed E-state index contributed by atoms with van der Waals surface area (Å²) in [6.45, 7) is 5.01. The highest BCUT2D eigenvalue weighted by molar-refractivity contribution is 5.98. The molecular weight excluding hydrogens is 293 g/mol. The summed E-state index contributed by atoms with van der Waals surface area (Å²) in [5, 5.41) is 9.32. The molecule has 0 bridgehead atoms. The quantitative estimate of drug-likeness (QED) is 0.908. The number of benzene rings is 1. The number of carboxylic acid groups (broad SMARTS) is 1. The number of ether oxygens (including phenoxy) is 2. The fraction of sp³-hybridized carbons (Fsp3) is 0.467. The number of nitrogens with zero attached hydrogens (tertiary/aromatic N) is 1. The van der Waals surface area contributed by atoms with Crippen molar-refractivity contribution in [1.82, 2.24) is 0 Å². The summed E-state index contributed by atoms with van der Waals surface area (Å²) in [5.41, 5.74) is -0.460. The highest BCUT2D eigenvalue weighted by atomic mass is 19.1. The lowest BCUT2D eigenvalue weighted by atomic mass is 10.1. The van der Waals surface area contributed by atoms with Crippen molar-refractivity contribution < 1.29 is 28.6 Å². The molecule has 1 heterocycles. The summed E-state index contributed by atoms with van der Waals surface area (Å²) in [7, 11) is 1.36. The molecule has 1 N–H and O–H groups in total. The number of rotatable bonds is 2. The maximum atomic E-state index is 14.1. The Labute approximate surface area is 127 Å². The van der Waals surface area contributed by atoms with Gasteiger partial charge in [-0.1, -0.05) is 0 Å². The molecule has 1 aromatic carbocycles. The minimum atomic E-state index is -1.22. The lowest BCUT2D eigenvalue weighted by Crippen LogP contribution is -2.45. The van der Waals surface area contributed by atoms with E-state index in [4.69, 9.17) is 9.47 Å². The molecule has 0 radical (unpaired) electrons. The van der Waals surface area contributed by atoms with Crippen molar-refractivity contribution in [2.45, 2.75) is 38.8 Å². The molecule has 1 atom stereocenters. The molecule has 0 saturated carbocycles. The lowest BCUT2D eigenvalue weighted by molar-refractivity contribution is -0.138. The summed E-state index contributed by atoms with van der Waals surface area (Å²) < 4.78 is 24.3. The van der Waals surface area contributed by atoms with Gasteiger partial charge in [-0.25, -0.2) is 14.0 Å². The molecule has 7 heteroatoms. The molecule has 1 aliphatic rings. The Morgan fingerprint density at radius 1 is 1.36 bits per heavy atom. The SMILES string of the molecule is COc1cc(F)c2c(c1)N(C(=O)OC(C)(C)C)C(C(=O)O)C2. The number of carbonyl (C=O) groups is 2. The molecule has 1 amide bonds. The molecule has 6 nitrogen and oxygen atoms in total. The van der Waals surface area contributed by atoms with Crippen molar-refractivity contribution in [3.63, 3.8) is 0 Å². The molecule has 0 fully saturated rings. The Hall–Kier alpha value is -2.31. The van der Waals surface area contributed by atoms with E-state index in [1.807, 2.05) is 0 Å². The molecule has 1 aromatic rings. The second-order valence-electron chi connectivity index (χ2n) is 6.02. The van der Waals surface area contributed by atoms with E-state index in [2.05, 4.69) is 0 Å². The Morgan fingerprint density at radius 2 is 2.00 bits per heavy atom. The summed E-state index contributed by atoms with van der Waals surface area (Å²) in [5.74, 6) is -1.62. The Morgan fingerprint density at radius 3 is 2.50 bits per heavy atom. The first-order chi connectivity index (χ1) is 10.1. The van der Waals surface area contributed by atoms with Gasteiger partial charge in [0.2, 0.25) is 0 Å². The predicted octanol–water partition coefficient (Wildman–Crippen LogP) is 2.59. The number of carbonyl (C=O) groups excluding carboxylic acids is 1. The standard InChI is InChI=1S/C15H18FNO5/c1-15(2,3)22-14(20)17-11-6-8(21-4)5-10(16)9(11)7-12(17)13(18)19/h5-6,12H,7H2,1-4H3,(H,18,19). The van der Waals surface area contributed by atoms with Crippen LogP contribution in [0.1, 0.15) is 26.3 Å². The average molecular weight is 311 g/mol. The fourth-order valence-electron chi connectivity index (χ4n) is 2.32. The number of hydrogen-bond donors (Lipinski definition) is 1. The third-order valence-corrected chi connectivity index (χ3v) is 3.23. The molecule has 0 aliphatic carbocycles. The predicted molar refractivity (Wildman–Crippen MR) is 76.8 cm³/mol. The number of hydrogen-bond acceptors (Lipinski definition) is 4. The van der Waals surface area contributed by atoms with Gasteiger partial charge >= 0.3 is 12.1 Å². The lowest BCUT2D eigenvalue weighted by Gasteiger charge is -2.27. The molecule has 0 saturated heterocycles. The topological polar surface area (TPSA) is 76.1 Å². The van der Waals surface area contributed by atoms with Crippen LogP contribution in [0.2, 0.25) is 0 Å². The number of carboxylic acids is 1. The third kappa shape index (κ3) is 2.98. The first kappa shape index (κ1) is 16.1. The third-order valence-electron chi connectivity index (χ3n) is 3.23. The van der Waals surface area contributed by atoms with Crippen LogP contribution in [0, 0.1) is 5.82 Å². The Balaban J connectivity index is 2.48. The zero-order chi connectivity index (χ0) is 16.7. The Bertz CT molecular complexity index is 623. The van der Waals surface area contributed by atoms with Crippen molar-refractivity contribution in [2.75, 3.05) is 12.0 Å². The van der Waals surface area contributed by atoms with Crippen molar-refractivity contribution >= 4 is 17.7 Å². The highest BCUT2D eigenvalue weighted by Gasteiger charge is 2.42. The number of amides is 1. The molecular formula is C15H18FNO5. The fourth-order valence-corrected chi connectivity index (χ4v) is 2.32. The van der Waals surface area contributed by atoms with Crippen LogP contribution in [0.4, 0.5) is 14.9 Å². The van der Waals surface area contributed by atoms with Gasteiger partial charge in [-0.05, 0) is 20.8 Å². The number of methoxy groups -OCH3 is 1. The zero-order valence-electron chi connectivity index (χ0n) is 12.8. The van der Waals surface area contributed by atoms with Crippen molar-refractivity contribution in [3.05, 3.63) is 23.5 Å².